The third-order valence-electron chi connectivity index (χ3n) is 5.88. The molecule has 0 saturated carbocycles. The first-order valence-corrected chi connectivity index (χ1v) is 10.7. The third kappa shape index (κ3) is 5.55. The first kappa shape index (κ1) is 21.3. The van der Waals surface area contributed by atoms with Gasteiger partial charge in [-0.15, -0.1) is 0 Å². The van der Waals surface area contributed by atoms with Crippen molar-refractivity contribution < 1.29 is 14.3 Å². The number of guanidine groups is 1. The van der Waals surface area contributed by atoms with Crippen LogP contribution < -0.4 is 15.0 Å². The van der Waals surface area contributed by atoms with E-state index in [0.29, 0.717) is 12.5 Å². The highest BCUT2D eigenvalue weighted by Crippen LogP contribution is 2.26. The van der Waals surface area contributed by atoms with Gasteiger partial charge < -0.3 is 24.6 Å². The minimum atomic E-state index is -0.0568. The number of carbonyl (C=O) groups excluding carboxylic acids is 1. The minimum Gasteiger partial charge on any atom is -0.497 e. The number of piperidine rings is 1. The van der Waals surface area contributed by atoms with Crippen LogP contribution in [0.5, 0.6) is 5.75 Å². The number of hydrogen-bond donors (Lipinski definition) is 1. The molecule has 2 heterocycles. The highest BCUT2D eigenvalue weighted by atomic mass is 16.5. The fourth-order valence-electron chi connectivity index (χ4n) is 4.20. The number of ether oxygens (including phenoxy) is 2. The Morgan fingerprint density at radius 2 is 2.03 bits per heavy atom. The Labute approximate surface area is 174 Å². The third-order valence-corrected chi connectivity index (χ3v) is 5.88. The summed E-state index contributed by atoms with van der Waals surface area (Å²) in [5, 5.41) is 3.55. The Hall–Kier alpha value is -2.44. The molecule has 7 heteroatoms. The van der Waals surface area contributed by atoms with Gasteiger partial charge in [0.05, 0.1) is 19.6 Å². The maximum atomic E-state index is 11.9. The zero-order chi connectivity index (χ0) is 20.6. The number of carbonyl (C=O) groups is 1. The lowest BCUT2D eigenvalue weighted by atomic mass is 9.97. The van der Waals surface area contributed by atoms with Gasteiger partial charge >= 0.3 is 5.97 Å². The van der Waals surface area contributed by atoms with Crippen LogP contribution in [0.4, 0.5) is 5.69 Å². The monoisotopic (exact) mass is 402 g/mol. The van der Waals surface area contributed by atoms with Crippen LogP contribution in [-0.2, 0) is 9.53 Å². The molecule has 2 fully saturated rings. The van der Waals surface area contributed by atoms with E-state index in [0.717, 1.165) is 63.7 Å². The second kappa shape index (κ2) is 10.4. The maximum absolute atomic E-state index is 11.9. The predicted octanol–water partition coefficient (Wildman–Crippen LogP) is 2.37. The van der Waals surface area contributed by atoms with E-state index < -0.39 is 0 Å². The smallest absolute Gasteiger partial charge is 0.309 e. The van der Waals surface area contributed by atoms with E-state index in [9.17, 15) is 4.79 Å². The van der Waals surface area contributed by atoms with Crippen molar-refractivity contribution in [2.24, 2.45) is 16.8 Å². The van der Waals surface area contributed by atoms with E-state index in [1.807, 2.05) is 26.1 Å². The Morgan fingerprint density at radius 3 is 2.72 bits per heavy atom. The lowest BCUT2D eigenvalue weighted by Gasteiger charge is -2.33. The number of likely N-dealkylation sites (tertiary alicyclic amines) is 1. The van der Waals surface area contributed by atoms with Crippen molar-refractivity contribution in [3.05, 3.63) is 24.3 Å². The van der Waals surface area contributed by atoms with E-state index in [4.69, 9.17) is 9.47 Å². The molecule has 1 aromatic rings. The summed E-state index contributed by atoms with van der Waals surface area (Å²) in [6, 6.07) is 8.27. The quantitative estimate of drug-likeness (QED) is 0.448. The molecule has 2 aliphatic rings. The molecule has 0 radical (unpaired) electrons. The molecular formula is C22H34N4O3. The summed E-state index contributed by atoms with van der Waals surface area (Å²) in [6.07, 6.45) is 2.81. The zero-order valence-corrected chi connectivity index (χ0v) is 17.9. The molecule has 0 bridgehead atoms. The summed E-state index contributed by atoms with van der Waals surface area (Å²) >= 11 is 0. The van der Waals surface area contributed by atoms with Gasteiger partial charge in [-0.3, -0.25) is 9.79 Å². The van der Waals surface area contributed by atoms with Crippen molar-refractivity contribution >= 4 is 17.6 Å². The molecule has 2 aliphatic heterocycles. The molecule has 160 valence electrons. The maximum Gasteiger partial charge on any atom is 0.309 e. The number of esters is 1. The molecule has 0 aliphatic carbocycles. The second-order valence-corrected chi connectivity index (χ2v) is 7.74. The molecule has 2 saturated heterocycles. The predicted molar refractivity (Wildman–Crippen MR) is 116 cm³/mol. The molecule has 1 N–H and O–H groups in total. The van der Waals surface area contributed by atoms with Crippen LogP contribution in [0.25, 0.3) is 0 Å². The van der Waals surface area contributed by atoms with Crippen molar-refractivity contribution in [1.82, 2.24) is 10.2 Å². The Balaban J connectivity index is 1.45. The van der Waals surface area contributed by atoms with Crippen LogP contribution in [0, 0.1) is 11.8 Å². The van der Waals surface area contributed by atoms with E-state index in [1.54, 1.807) is 7.11 Å². The van der Waals surface area contributed by atoms with Crippen molar-refractivity contribution in [1.29, 1.82) is 0 Å². The van der Waals surface area contributed by atoms with Crippen molar-refractivity contribution in [2.75, 3.05) is 58.4 Å². The van der Waals surface area contributed by atoms with Crippen LogP contribution in [0.3, 0.4) is 0 Å². The zero-order valence-electron chi connectivity index (χ0n) is 17.9. The summed E-state index contributed by atoms with van der Waals surface area (Å²) in [7, 11) is 3.54. The lowest BCUT2D eigenvalue weighted by Crippen LogP contribution is -2.47. The van der Waals surface area contributed by atoms with Crippen LogP contribution >= 0.6 is 0 Å². The fraction of sp³-hybridized carbons (Fsp3) is 0.636. The van der Waals surface area contributed by atoms with E-state index >= 15 is 0 Å². The Bertz CT molecular complexity index is 701. The molecule has 7 nitrogen and oxygen atoms in total. The van der Waals surface area contributed by atoms with Gasteiger partial charge in [0.2, 0.25) is 0 Å². The minimum absolute atomic E-state index is 0.0237. The summed E-state index contributed by atoms with van der Waals surface area (Å²) in [5.41, 5.74) is 1.22. The molecule has 0 aromatic heterocycles. The van der Waals surface area contributed by atoms with Gasteiger partial charge in [-0.25, -0.2) is 0 Å². The Morgan fingerprint density at radius 1 is 1.24 bits per heavy atom. The largest absolute Gasteiger partial charge is 0.497 e. The number of anilines is 1. The number of methoxy groups -OCH3 is 1. The number of nitrogens with one attached hydrogen (secondary N) is 1. The number of nitrogens with zero attached hydrogens (tertiary/aromatic N) is 3. The molecule has 1 atom stereocenters. The summed E-state index contributed by atoms with van der Waals surface area (Å²) in [5.74, 6) is 2.38. The number of rotatable bonds is 6. The lowest BCUT2D eigenvalue weighted by molar-refractivity contribution is -0.149. The SMILES string of the molecule is CCOC(=O)C1CCN(C(=NC)NCC2CCN(c3cccc(OC)c3)C2)CC1. The first-order chi connectivity index (χ1) is 14.1. The van der Waals surface area contributed by atoms with E-state index in [1.165, 1.54) is 5.69 Å². The standard InChI is InChI=1S/C22H34N4O3/c1-4-29-21(27)18-9-12-25(13-10-18)22(23-2)24-15-17-8-11-26(16-17)19-6-5-7-20(14-19)28-3/h5-7,14,17-18H,4,8-13,15-16H2,1-3H3,(H,23,24). The number of aliphatic imine (C=N–C) groups is 1. The highest BCUT2D eigenvalue weighted by Gasteiger charge is 2.28. The second-order valence-electron chi connectivity index (χ2n) is 7.74. The van der Waals surface area contributed by atoms with E-state index in [2.05, 4.69) is 32.2 Å². The van der Waals surface area contributed by atoms with E-state index in [-0.39, 0.29) is 11.9 Å². The summed E-state index contributed by atoms with van der Waals surface area (Å²) in [6.45, 7) is 6.98. The van der Waals surface area contributed by atoms with Crippen molar-refractivity contribution in [3.63, 3.8) is 0 Å². The highest BCUT2D eigenvalue weighted by molar-refractivity contribution is 5.80. The molecule has 0 amide bonds. The van der Waals surface area contributed by atoms with Gasteiger partial charge in [0, 0.05) is 51.5 Å². The van der Waals surface area contributed by atoms with Crippen LogP contribution in [0.2, 0.25) is 0 Å². The number of hydrogen-bond acceptors (Lipinski definition) is 5. The fourth-order valence-corrected chi connectivity index (χ4v) is 4.20. The van der Waals surface area contributed by atoms with Crippen LogP contribution in [0.15, 0.2) is 29.3 Å². The van der Waals surface area contributed by atoms with Crippen molar-refractivity contribution in [3.8, 4) is 5.75 Å². The Kier molecular flexibility index (Phi) is 7.61. The van der Waals surface area contributed by atoms with Gasteiger partial charge in [0.25, 0.3) is 0 Å². The van der Waals surface area contributed by atoms with Crippen LogP contribution in [0.1, 0.15) is 26.2 Å². The molecule has 0 spiro atoms. The molecule has 29 heavy (non-hydrogen) atoms. The van der Waals surface area contributed by atoms with Crippen LogP contribution in [-0.4, -0.2) is 70.3 Å². The van der Waals surface area contributed by atoms with Gasteiger partial charge in [0.1, 0.15) is 5.75 Å². The molecule has 3 rings (SSSR count). The number of benzene rings is 1. The average molecular weight is 403 g/mol. The molecule has 1 aromatic carbocycles. The van der Waals surface area contributed by atoms with Gasteiger partial charge in [-0.05, 0) is 44.2 Å². The van der Waals surface area contributed by atoms with Crippen molar-refractivity contribution in [2.45, 2.75) is 26.2 Å². The molecule has 1 unspecified atom stereocenters. The first-order valence-electron chi connectivity index (χ1n) is 10.7. The normalized spacial score (nSPS) is 20.7. The van der Waals surface area contributed by atoms with Gasteiger partial charge in [0.15, 0.2) is 5.96 Å². The summed E-state index contributed by atoms with van der Waals surface area (Å²) < 4.78 is 10.5. The molecular weight excluding hydrogens is 368 g/mol. The average Bonchev–Trinajstić information content (AvgIpc) is 3.24. The van der Waals surface area contributed by atoms with Gasteiger partial charge in [-0.1, -0.05) is 6.07 Å². The van der Waals surface area contributed by atoms with Gasteiger partial charge in [-0.2, -0.15) is 0 Å². The topological polar surface area (TPSA) is 66.4 Å². The summed E-state index contributed by atoms with van der Waals surface area (Å²) in [4.78, 5) is 21.1.